The van der Waals surface area contributed by atoms with Crippen molar-refractivity contribution in [3.8, 4) is 22.8 Å². The number of anilines is 1. The van der Waals surface area contributed by atoms with Crippen molar-refractivity contribution in [2.24, 2.45) is 7.05 Å². The zero-order valence-corrected chi connectivity index (χ0v) is 18.7. The van der Waals surface area contributed by atoms with Crippen LogP contribution in [0.25, 0.3) is 22.2 Å². The Morgan fingerprint density at radius 3 is 2.59 bits per heavy atom. The zero-order chi connectivity index (χ0) is 24.0. The number of aromatic nitrogens is 4. The second-order valence-electron chi connectivity index (χ2n) is 8.38. The Labute approximate surface area is 195 Å². The molecule has 0 saturated carbocycles. The van der Waals surface area contributed by atoms with Crippen molar-refractivity contribution < 1.29 is 19.7 Å². The number of fused-ring (bicyclic) bond motifs is 1. The van der Waals surface area contributed by atoms with Gasteiger partial charge >= 0.3 is 6.09 Å². The Morgan fingerprint density at radius 2 is 1.91 bits per heavy atom. The number of nitrogen functional groups attached to an aromatic ring is 1. The van der Waals surface area contributed by atoms with Crippen LogP contribution in [0, 0.1) is 6.92 Å². The van der Waals surface area contributed by atoms with Crippen LogP contribution in [-0.2, 0) is 7.05 Å². The fourth-order valence-corrected chi connectivity index (χ4v) is 4.62. The summed E-state index contributed by atoms with van der Waals surface area (Å²) in [4.78, 5) is 25.7. The lowest BCUT2D eigenvalue weighted by Crippen LogP contribution is -2.27. The third kappa shape index (κ3) is 3.67. The standard InChI is InChI=1S/C24H24N6O4/c1-13-4-3-5-18(28-13)34-15-8-6-14(7-9-15)19-20-22(25)26-12-27-23(20)29(2)21(19)16-10-30(24(32)33)11-17(16)31/h3-9,12,16-17,31H,10-11H2,1-2H3,(H,32,33)(H2,25,26,27). The number of amides is 1. The van der Waals surface area contributed by atoms with Crippen molar-refractivity contribution in [3.05, 3.63) is 60.2 Å². The summed E-state index contributed by atoms with van der Waals surface area (Å²) in [6, 6.07) is 13.0. The monoisotopic (exact) mass is 460 g/mol. The minimum atomic E-state index is -1.06. The van der Waals surface area contributed by atoms with Crippen molar-refractivity contribution >= 4 is 22.9 Å². The molecule has 1 saturated heterocycles. The van der Waals surface area contributed by atoms with Gasteiger partial charge in [-0.25, -0.2) is 19.7 Å². The molecule has 1 aliphatic heterocycles. The molecule has 1 amide bonds. The number of carbonyl (C=O) groups is 1. The van der Waals surface area contributed by atoms with Crippen LogP contribution in [0.1, 0.15) is 17.3 Å². The summed E-state index contributed by atoms with van der Waals surface area (Å²) in [7, 11) is 1.84. The van der Waals surface area contributed by atoms with Crippen LogP contribution in [0.4, 0.5) is 10.6 Å². The molecule has 0 aliphatic carbocycles. The van der Waals surface area contributed by atoms with Crippen LogP contribution in [0.5, 0.6) is 11.6 Å². The largest absolute Gasteiger partial charge is 0.465 e. The van der Waals surface area contributed by atoms with Gasteiger partial charge in [-0.1, -0.05) is 18.2 Å². The lowest BCUT2D eigenvalue weighted by molar-refractivity contribution is 0.138. The van der Waals surface area contributed by atoms with E-state index in [-0.39, 0.29) is 13.1 Å². The SMILES string of the molecule is Cc1cccc(Oc2ccc(-c3c(C4CN(C(=O)O)CC4O)n(C)c4ncnc(N)c34)cc2)n1. The zero-order valence-electron chi connectivity index (χ0n) is 18.7. The van der Waals surface area contributed by atoms with Gasteiger partial charge in [-0.05, 0) is 30.7 Å². The van der Waals surface area contributed by atoms with Gasteiger partial charge in [0.15, 0.2) is 0 Å². The van der Waals surface area contributed by atoms with Crippen LogP contribution < -0.4 is 10.5 Å². The summed E-state index contributed by atoms with van der Waals surface area (Å²) in [5, 5.41) is 20.9. The van der Waals surface area contributed by atoms with E-state index in [0.717, 1.165) is 22.5 Å². The lowest BCUT2D eigenvalue weighted by Gasteiger charge is -2.18. The van der Waals surface area contributed by atoms with Crippen molar-refractivity contribution in [2.75, 3.05) is 18.8 Å². The molecule has 0 bridgehead atoms. The summed E-state index contributed by atoms with van der Waals surface area (Å²) in [6.07, 6.45) is -0.527. The van der Waals surface area contributed by atoms with Crippen molar-refractivity contribution in [3.63, 3.8) is 0 Å². The molecule has 2 atom stereocenters. The molecule has 4 N–H and O–H groups in total. The summed E-state index contributed by atoms with van der Waals surface area (Å²) in [5.74, 6) is 0.982. The molecule has 1 fully saturated rings. The van der Waals surface area contributed by atoms with Crippen LogP contribution in [-0.4, -0.2) is 59.9 Å². The second-order valence-corrected chi connectivity index (χ2v) is 8.38. The Bertz CT molecular complexity index is 1380. The first-order chi connectivity index (χ1) is 16.3. The molecule has 10 heteroatoms. The molecular formula is C24H24N6O4. The van der Waals surface area contributed by atoms with Gasteiger partial charge in [-0.15, -0.1) is 0 Å². The maximum absolute atomic E-state index is 11.5. The number of carboxylic acid groups (broad SMARTS) is 1. The first-order valence-corrected chi connectivity index (χ1v) is 10.8. The number of β-amino-alcohol motifs (C(OH)–C–C–N with tert-alkyl or cyclic N) is 1. The van der Waals surface area contributed by atoms with Crippen LogP contribution >= 0.6 is 0 Å². The number of hydrogen-bond acceptors (Lipinski definition) is 7. The Morgan fingerprint density at radius 1 is 1.15 bits per heavy atom. The molecule has 0 spiro atoms. The maximum Gasteiger partial charge on any atom is 0.407 e. The van der Waals surface area contributed by atoms with Gasteiger partial charge in [0, 0.05) is 42.5 Å². The highest BCUT2D eigenvalue weighted by Crippen LogP contribution is 2.42. The molecule has 4 heterocycles. The normalized spacial score (nSPS) is 17.9. The predicted octanol–water partition coefficient (Wildman–Crippen LogP) is 3.15. The van der Waals surface area contributed by atoms with E-state index < -0.39 is 18.1 Å². The number of rotatable bonds is 4. The van der Waals surface area contributed by atoms with Gasteiger partial charge in [-0.3, -0.25) is 0 Å². The smallest absolute Gasteiger partial charge is 0.407 e. The minimum Gasteiger partial charge on any atom is -0.465 e. The Balaban J connectivity index is 1.60. The molecule has 34 heavy (non-hydrogen) atoms. The number of aryl methyl sites for hydroxylation is 2. The quantitative estimate of drug-likeness (QED) is 0.422. The highest BCUT2D eigenvalue weighted by Gasteiger charge is 2.39. The molecule has 2 unspecified atom stereocenters. The number of hydrogen-bond donors (Lipinski definition) is 3. The molecule has 0 radical (unpaired) electrons. The van der Waals surface area contributed by atoms with E-state index in [1.807, 2.05) is 54.9 Å². The van der Waals surface area contributed by atoms with Crippen molar-refractivity contribution in [1.29, 1.82) is 0 Å². The van der Waals surface area contributed by atoms with E-state index in [1.54, 1.807) is 6.07 Å². The predicted molar refractivity (Wildman–Crippen MR) is 126 cm³/mol. The molecule has 174 valence electrons. The van der Waals surface area contributed by atoms with Gasteiger partial charge < -0.3 is 30.2 Å². The van der Waals surface area contributed by atoms with E-state index >= 15 is 0 Å². The Hall–Kier alpha value is -4.18. The number of aliphatic hydroxyl groups is 1. The van der Waals surface area contributed by atoms with E-state index in [1.165, 1.54) is 11.2 Å². The number of aliphatic hydroxyl groups excluding tert-OH is 1. The summed E-state index contributed by atoms with van der Waals surface area (Å²) in [5.41, 5.74) is 10.1. The fourth-order valence-electron chi connectivity index (χ4n) is 4.62. The average Bonchev–Trinajstić information content (AvgIpc) is 3.33. The van der Waals surface area contributed by atoms with Gasteiger partial charge in [0.2, 0.25) is 5.88 Å². The maximum atomic E-state index is 11.5. The number of ether oxygens (including phenoxy) is 1. The third-order valence-electron chi connectivity index (χ3n) is 6.18. The number of nitrogens with two attached hydrogens (primary N) is 1. The third-order valence-corrected chi connectivity index (χ3v) is 6.18. The van der Waals surface area contributed by atoms with Crippen molar-refractivity contribution in [1.82, 2.24) is 24.4 Å². The van der Waals surface area contributed by atoms with Gasteiger partial charge in [0.05, 0.1) is 18.0 Å². The van der Waals surface area contributed by atoms with Crippen LogP contribution in [0.15, 0.2) is 48.8 Å². The van der Waals surface area contributed by atoms with Gasteiger partial charge in [0.25, 0.3) is 0 Å². The molecule has 5 rings (SSSR count). The molecule has 10 nitrogen and oxygen atoms in total. The first kappa shape index (κ1) is 21.7. The van der Waals surface area contributed by atoms with Crippen molar-refractivity contribution in [2.45, 2.75) is 18.9 Å². The minimum absolute atomic E-state index is 0.0401. The number of benzene rings is 1. The summed E-state index contributed by atoms with van der Waals surface area (Å²) in [6.45, 7) is 2.10. The molecule has 4 aromatic rings. The number of pyridine rings is 1. The average molecular weight is 460 g/mol. The fraction of sp³-hybridized carbons (Fsp3) is 0.250. The van der Waals surface area contributed by atoms with E-state index in [4.69, 9.17) is 10.5 Å². The Kier molecular flexibility index (Phi) is 5.29. The number of nitrogens with zero attached hydrogens (tertiary/aromatic N) is 5. The molecule has 3 aromatic heterocycles. The molecule has 1 aromatic carbocycles. The first-order valence-electron chi connectivity index (χ1n) is 10.8. The van der Waals surface area contributed by atoms with E-state index in [2.05, 4.69) is 15.0 Å². The van der Waals surface area contributed by atoms with Gasteiger partial charge in [-0.2, -0.15) is 0 Å². The highest BCUT2D eigenvalue weighted by atomic mass is 16.5. The van der Waals surface area contributed by atoms with Crippen LogP contribution in [0.3, 0.4) is 0 Å². The summed E-state index contributed by atoms with van der Waals surface area (Å²) < 4.78 is 7.74. The van der Waals surface area contributed by atoms with E-state index in [0.29, 0.717) is 28.5 Å². The number of likely N-dealkylation sites (tertiary alicyclic amines) is 1. The molecular weight excluding hydrogens is 436 g/mol. The van der Waals surface area contributed by atoms with Crippen LogP contribution in [0.2, 0.25) is 0 Å². The van der Waals surface area contributed by atoms with Gasteiger partial charge in [0.1, 0.15) is 23.5 Å². The van der Waals surface area contributed by atoms with E-state index in [9.17, 15) is 15.0 Å². The second kappa shape index (κ2) is 8.31. The lowest BCUT2D eigenvalue weighted by atomic mass is 9.93. The topological polar surface area (TPSA) is 140 Å². The highest BCUT2D eigenvalue weighted by molar-refractivity contribution is 6.02. The molecule has 1 aliphatic rings. The summed E-state index contributed by atoms with van der Waals surface area (Å²) >= 11 is 0.